The molecule has 10 nitrogen and oxygen atoms in total. The minimum absolute atomic E-state index is 0.0733. The molecule has 3 rings (SSSR count). The standard InChI is InChI=1S/C21H29N5O5/c1-29-17-11-16(12-18(30-2)20(17)31-3)26-10-9-24(21(26)28)8-6-23-14-19(27)25-7-4-5-15(25)13-22/h11-12,15,23H,4-10,14H2,1-3H3/t15-/m1/s1. The molecule has 2 aliphatic rings. The summed E-state index contributed by atoms with van der Waals surface area (Å²) >= 11 is 0. The van der Waals surface area contributed by atoms with Crippen molar-refractivity contribution in [2.24, 2.45) is 0 Å². The summed E-state index contributed by atoms with van der Waals surface area (Å²) in [7, 11) is 4.60. The average Bonchev–Trinajstić information content (AvgIpc) is 3.42. The van der Waals surface area contributed by atoms with Crippen LogP contribution < -0.4 is 24.4 Å². The molecule has 1 aromatic carbocycles. The lowest BCUT2D eigenvalue weighted by molar-refractivity contribution is -0.130. The Kier molecular flexibility index (Phi) is 7.41. The van der Waals surface area contributed by atoms with Gasteiger partial charge in [-0.3, -0.25) is 9.69 Å². The van der Waals surface area contributed by atoms with Crippen LogP contribution in [0.15, 0.2) is 12.1 Å². The van der Waals surface area contributed by atoms with Crippen LogP contribution >= 0.6 is 0 Å². The summed E-state index contributed by atoms with van der Waals surface area (Å²) in [5, 5.41) is 12.2. The minimum atomic E-state index is -0.318. The van der Waals surface area contributed by atoms with Crippen molar-refractivity contribution in [3.05, 3.63) is 12.1 Å². The van der Waals surface area contributed by atoms with E-state index in [0.717, 1.165) is 12.8 Å². The van der Waals surface area contributed by atoms with Crippen molar-refractivity contribution < 1.29 is 23.8 Å². The first-order valence-corrected chi connectivity index (χ1v) is 10.3. The van der Waals surface area contributed by atoms with Gasteiger partial charge in [-0.15, -0.1) is 0 Å². The molecule has 0 saturated carbocycles. The van der Waals surface area contributed by atoms with Gasteiger partial charge in [-0.25, -0.2) is 4.79 Å². The van der Waals surface area contributed by atoms with Crippen molar-refractivity contribution in [2.75, 3.05) is 65.5 Å². The molecule has 168 valence electrons. The van der Waals surface area contributed by atoms with Crippen LogP contribution in [0.1, 0.15) is 12.8 Å². The Hall–Kier alpha value is -3.19. The number of nitrogens with zero attached hydrogens (tertiary/aromatic N) is 4. The van der Waals surface area contributed by atoms with E-state index in [1.807, 2.05) is 0 Å². The largest absolute Gasteiger partial charge is 0.493 e. The van der Waals surface area contributed by atoms with E-state index < -0.39 is 0 Å². The topological polar surface area (TPSA) is 107 Å². The minimum Gasteiger partial charge on any atom is -0.493 e. The van der Waals surface area contributed by atoms with E-state index in [4.69, 9.17) is 19.5 Å². The lowest BCUT2D eigenvalue weighted by Gasteiger charge is -2.22. The van der Waals surface area contributed by atoms with Crippen LogP contribution in [-0.2, 0) is 4.79 Å². The number of carbonyl (C=O) groups is 2. The zero-order valence-corrected chi connectivity index (χ0v) is 18.2. The third-order valence-electron chi connectivity index (χ3n) is 5.61. The van der Waals surface area contributed by atoms with Crippen LogP contribution in [0.5, 0.6) is 17.2 Å². The quantitative estimate of drug-likeness (QED) is 0.583. The molecule has 0 spiro atoms. The van der Waals surface area contributed by atoms with E-state index in [9.17, 15) is 9.59 Å². The average molecular weight is 431 g/mol. The highest BCUT2D eigenvalue weighted by molar-refractivity contribution is 5.95. The number of hydrogen-bond acceptors (Lipinski definition) is 7. The summed E-state index contributed by atoms with van der Waals surface area (Å²) < 4.78 is 16.1. The van der Waals surface area contributed by atoms with Crippen LogP contribution in [0, 0.1) is 11.3 Å². The number of benzene rings is 1. The number of amides is 3. The third-order valence-corrected chi connectivity index (χ3v) is 5.61. The molecule has 0 aromatic heterocycles. The molecule has 3 amide bonds. The van der Waals surface area contributed by atoms with Crippen molar-refractivity contribution >= 4 is 17.6 Å². The Morgan fingerprint density at radius 3 is 2.48 bits per heavy atom. The Balaban J connectivity index is 1.53. The van der Waals surface area contributed by atoms with Crippen LogP contribution in [0.3, 0.4) is 0 Å². The summed E-state index contributed by atoms with van der Waals surface area (Å²) in [5.74, 6) is 1.38. The number of nitriles is 1. The lowest BCUT2D eigenvalue weighted by atomic mass is 10.2. The first-order chi connectivity index (χ1) is 15.0. The highest BCUT2D eigenvalue weighted by Gasteiger charge is 2.31. The van der Waals surface area contributed by atoms with Crippen LogP contribution in [-0.4, -0.2) is 88.4 Å². The van der Waals surface area contributed by atoms with E-state index in [1.165, 1.54) is 21.3 Å². The first-order valence-electron chi connectivity index (χ1n) is 10.3. The number of urea groups is 1. The number of methoxy groups -OCH3 is 3. The second-order valence-corrected chi connectivity index (χ2v) is 7.36. The fourth-order valence-corrected chi connectivity index (χ4v) is 3.96. The summed E-state index contributed by atoms with van der Waals surface area (Å²) in [4.78, 5) is 30.2. The molecule has 1 N–H and O–H groups in total. The highest BCUT2D eigenvalue weighted by atomic mass is 16.5. The molecule has 1 atom stereocenters. The van der Waals surface area contributed by atoms with Gasteiger partial charge >= 0.3 is 6.03 Å². The number of likely N-dealkylation sites (tertiary alicyclic amines) is 1. The maximum absolute atomic E-state index is 12.9. The second-order valence-electron chi connectivity index (χ2n) is 7.36. The number of nitrogens with one attached hydrogen (secondary N) is 1. The molecule has 0 aliphatic carbocycles. The monoisotopic (exact) mass is 431 g/mol. The summed E-state index contributed by atoms with van der Waals surface area (Å²) in [6, 6.07) is 5.24. The van der Waals surface area contributed by atoms with Crippen molar-refractivity contribution in [1.29, 1.82) is 5.26 Å². The van der Waals surface area contributed by atoms with Gasteiger partial charge in [0.25, 0.3) is 0 Å². The van der Waals surface area contributed by atoms with Gasteiger partial charge in [0.1, 0.15) is 6.04 Å². The molecule has 1 aromatic rings. The molecule has 2 aliphatic heterocycles. The molecule has 2 fully saturated rings. The van der Waals surface area contributed by atoms with E-state index >= 15 is 0 Å². The Morgan fingerprint density at radius 1 is 1.16 bits per heavy atom. The number of rotatable bonds is 9. The number of anilines is 1. The van der Waals surface area contributed by atoms with E-state index in [0.29, 0.717) is 55.7 Å². The molecule has 0 unspecified atom stereocenters. The molecule has 0 bridgehead atoms. The SMILES string of the molecule is COc1cc(N2CCN(CCNCC(=O)N3CCC[C@@H]3C#N)C2=O)cc(OC)c1OC. The Labute approximate surface area is 182 Å². The van der Waals surface area contributed by atoms with Gasteiger partial charge in [0.15, 0.2) is 11.5 Å². The highest BCUT2D eigenvalue weighted by Crippen LogP contribution is 2.41. The Morgan fingerprint density at radius 2 is 1.87 bits per heavy atom. The zero-order valence-electron chi connectivity index (χ0n) is 18.2. The van der Waals surface area contributed by atoms with Crippen molar-refractivity contribution in [2.45, 2.75) is 18.9 Å². The van der Waals surface area contributed by atoms with Gasteiger partial charge in [0.2, 0.25) is 11.7 Å². The molecular weight excluding hydrogens is 402 g/mol. The van der Waals surface area contributed by atoms with Gasteiger partial charge in [-0.2, -0.15) is 5.26 Å². The van der Waals surface area contributed by atoms with Gasteiger partial charge in [-0.05, 0) is 12.8 Å². The van der Waals surface area contributed by atoms with Crippen molar-refractivity contribution in [3.63, 3.8) is 0 Å². The smallest absolute Gasteiger partial charge is 0.324 e. The fraction of sp³-hybridized carbons (Fsp3) is 0.571. The zero-order chi connectivity index (χ0) is 22.4. The Bertz CT molecular complexity index is 830. The summed E-state index contributed by atoms with van der Waals surface area (Å²) in [6.07, 6.45) is 1.60. The fourth-order valence-electron chi connectivity index (χ4n) is 3.96. The van der Waals surface area contributed by atoms with Crippen LogP contribution in [0.4, 0.5) is 10.5 Å². The van der Waals surface area contributed by atoms with Gasteiger partial charge in [-0.1, -0.05) is 0 Å². The number of ether oxygens (including phenoxy) is 3. The molecule has 31 heavy (non-hydrogen) atoms. The maximum atomic E-state index is 12.9. The number of carbonyl (C=O) groups excluding carboxylic acids is 2. The van der Waals surface area contributed by atoms with E-state index in [1.54, 1.807) is 26.8 Å². The van der Waals surface area contributed by atoms with Gasteiger partial charge in [0, 0.05) is 44.9 Å². The predicted molar refractivity (Wildman–Crippen MR) is 114 cm³/mol. The van der Waals surface area contributed by atoms with E-state index in [-0.39, 0.29) is 24.5 Å². The number of hydrogen-bond donors (Lipinski definition) is 1. The second kappa shape index (κ2) is 10.2. The van der Waals surface area contributed by atoms with Crippen molar-refractivity contribution in [3.8, 4) is 23.3 Å². The molecule has 2 saturated heterocycles. The summed E-state index contributed by atoms with van der Waals surface area (Å²) in [5.41, 5.74) is 0.668. The molecule has 2 heterocycles. The normalized spacial score (nSPS) is 18.3. The van der Waals surface area contributed by atoms with Gasteiger partial charge < -0.3 is 29.3 Å². The van der Waals surface area contributed by atoms with Gasteiger partial charge in [0.05, 0.1) is 39.6 Å². The van der Waals surface area contributed by atoms with Crippen LogP contribution in [0.25, 0.3) is 0 Å². The third kappa shape index (κ3) is 4.77. The molecule has 10 heteroatoms. The van der Waals surface area contributed by atoms with Crippen LogP contribution in [0.2, 0.25) is 0 Å². The first kappa shape index (κ1) is 22.5. The summed E-state index contributed by atoms with van der Waals surface area (Å²) in [6.45, 7) is 2.88. The lowest BCUT2D eigenvalue weighted by Crippen LogP contribution is -2.43. The predicted octanol–water partition coefficient (Wildman–Crippen LogP) is 1.06. The maximum Gasteiger partial charge on any atom is 0.324 e. The molecular formula is C21H29N5O5. The van der Waals surface area contributed by atoms with E-state index in [2.05, 4.69) is 11.4 Å². The molecule has 0 radical (unpaired) electrons. The van der Waals surface area contributed by atoms with Crippen molar-refractivity contribution in [1.82, 2.24) is 15.1 Å².